The fraction of sp³-hybridized carbons (Fsp3) is 0.818. The van der Waals surface area contributed by atoms with Crippen molar-refractivity contribution in [1.82, 2.24) is 15.2 Å². The first-order valence-electron chi connectivity index (χ1n) is 5.66. The van der Waals surface area contributed by atoms with E-state index < -0.39 is 0 Å². The van der Waals surface area contributed by atoms with Gasteiger partial charge in [-0.2, -0.15) is 5.10 Å². The minimum Gasteiger partial charge on any atom is -0.330 e. The van der Waals surface area contributed by atoms with Gasteiger partial charge in [0.05, 0.1) is 0 Å². The molecule has 0 aliphatic carbocycles. The van der Waals surface area contributed by atoms with Gasteiger partial charge in [0, 0.05) is 18.4 Å². The summed E-state index contributed by atoms with van der Waals surface area (Å²) in [6, 6.07) is 0. The smallest absolute Gasteiger partial charge is 0.153 e. The summed E-state index contributed by atoms with van der Waals surface area (Å²) < 4.78 is 0. The van der Waals surface area contributed by atoms with Crippen molar-refractivity contribution in [2.45, 2.75) is 46.0 Å². The van der Waals surface area contributed by atoms with Gasteiger partial charge in [-0.05, 0) is 12.3 Å². The highest BCUT2D eigenvalue weighted by molar-refractivity contribution is 5.01. The molecule has 0 aliphatic rings. The number of rotatable bonds is 5. The molecule has 0 bridgehead atoms. The standard InChI is InChI=1S/C11H22N4/c1-7(2)5-9(6-12)11-13-10(8(3)4)14-15-11/h7-9H,5-6,12H2,1-4H3,(H,13,14,15). The maximum absolute atomic E-state index is 5.75. The summed E-state index contributed by atoms with van der Waals surface area (Å²) in [5.74, 6) is 3.13. The lowest BCUT2D eigenvalue weighted by molar-refractivity contribution is 0.488. The van der Waals surface area contributed by atoms with Crippen molar-refractivity contribution in [2.75, 3.05) is 6.54 Å². The summed E-state index contributed by atoms with van der Waals surface area (Å²) in [5, 5.41) is 7.20. The molecule has 3 N–H and O–H groups in total. The predicted octanol–water partition coefficient (Wildman–Crippen LogP) is 2.02. The van der Waals surface area contributed by atoms with Crippen LogP contribution in [-0.4, -0.2) is 21.7 Å². The monoisotopic (exact) mass is 210 g/mol. The van der Waals surface area contributed by atoms with E-state index in [0.29, 0.717) is 24.3 Å². The lowest BCUT2D eigenvalue weighted by atomic mass is 9.97. The Hall–Kier alpha value is -0.900. The second-order valence-electron chi connectivity index (χ2n) is 4.80. The van der Waals surface area contributed by atoms with Gasteiger partial charge < -0.3 is 5.73 Å². The lowest BCUT2D eigenvalue weighted by Crippen LogP contribution is -2.16. The number of H-pyrrole nitrogens is 1. The van der Waals surface area contributed by atoms with E-state index in [2.05, 4.69) is 42.9 Å². The molecule has 0 saturated carbocycles. The molecule has 0 fully saturated rings. The molecule has 0 spiro atoms. The second kappa shape index (κ2) is 5.26. The summed E-state index contributed by atoms with van der Waals surface area (Å²) >= 11 is 0. The van der Waals surface area contributed by atoms with Crippen LogP contribution in [0.1, 0.15) is 57.6 Å². The fourth-order valence-corrected chi connectivity index (χ4v) is 1.62. The molecule has 1 aromatic heterocycles. The molecule has 0 saturated heterocycles. The molecule has 4 nitrogen and oxygen atoms in total. The molecule has 1 rings (SSSR count). The molecule has 1 aromatic rings. The molecule has 4 heteroatoms. The first kappa shape index (κ1) is 12.2. The predicted molar refractivity (Wildman–Crippen MR) is 61.7 cm³/mol. The Balaban J connectivity index is 2.74. The Kier molecular flexibility index (Phi) is 4.27. The third kappa shape index (κ3) is 3.30. The van der Waals surface area contributed by atoms with Gasteiger partial charge in [-0.15, -0.1) is 0 Å². The van der Waals surface area contributed by atoms with Gasteiger partial charge in [0.15, 0.2) is 5.82 Å². The third-order valence-corrected chi connectivity index (χ3v) is 2.46. The first-order chi connectivity index (χ1) is 7.04. The molecule has 86 valence electrons. The van der Waals surface area contributed by atoms with Gasteiger partial charge in [-0.3, -0.25) is 5.10 Å². The number of nitrogens with one attached hydrogen (secondary N) is 1. The highest BCUT2D eigenvalue weighted by atomic mass is 15.2. The number of aromatic amines is 1. The Morgan fingerprint density at radius 2 is 1.93 bits per heavy atom. The van der Waals surface area contributed by atoms with Gasteiger partial charge in [0.1, 0.15) is 5.82 Å². The molecular formula is C11H22N4. The van der Waals surface area contributed by atoms with E-state index in [1.54, 1.807) is 0 Å². The number of nitrogens with zero attached hydrogens (tertiary/aromatic N) is 2. The van der Waals surface area contributed by atoms with Crippen LogP contribution >= 0.6 is 0 Å². The van der Waals surface area contributed by atoms with Crippen LogP contribution in [-0.2, 0) is 0 Å². The normalized spacial score (nSPS) is 13.8. The summed E-state index contributed by atoms with van der Waals surface area (Å²) in [6.45, 7) is 9.20. The summed E-state index contributed by atoms with van der Waals surface area (Å²) in [4.78, 5) is 4.49. The fourth-order valence-electron chi connectivity index (χ4n) is 1.62. The average molecular weight is 210 g/mol. The SMILES string of the molecule is CC(C)CC(CN)c1nc(C(C)C)n[nH]1. The molecule has 15 heavy (non-hydrogen) atoms. The van der Waals surface area contributed by atoms with Crippen molar-refractivity contribution in [3.8, 4) is 0 Å². The van der Waals surface area contributed by atoms with Crippen LogP contribution in [0.2, 0.25) is 0 Å². The van der Waals surface area contributed by atoms with Gasteiger partial charge in [-0.25, -0.2) is 4.98 Å². The van der Waals surface area contributed by atoms with Crippen LogP contribution in [0.15, 0.2) is 0 Å². The molecule has 1 unspecified atom stereocenters. The van der Waals surface area contributed by atoms with Gasteiger partial charge in [-0.1, -0.05) is 27.7 Å². The van der Waals surface area contributed by atoms with Crippen LogP contribution in [0.3, 0.4) is 0 Å². The number of hydrogen-bond donors (Lipinski definition) is 2. The van der Waals surface area contributed by atoms with Crippen molar-refractivity contribution < 1.29 is 0 Å². The Bertz CT molecular complexity index is 291. The van der Waals surface area contributed by atoms with Crippen molar-refractivity contribution in [2.24, 2.45) is 11.7 Å². The van der Waals surface area contributed by atoms with Crippen LogP contribution in [0.25, 0.3) is 0 Å². The zero-order chi connectivity index (χ0) is 11.4. The molecular weight excluding hydrogens is 188 g/mol. The summed E-state index contributed by atoms with van der Waals surface area (Å²) in [5.41, 5.74) is 5.75. The largest absolute Gasteiger partial charge is 0.330 e. The van der Waals surface area contributed by atoms with Crippen LogP contribution < -0.4 is 5.73 Å². The number of nitrogens with two attached hydrogens (primary N) is 1. The van der Waals surface area contributed by atoms with Crippen molar-refractivity contribution in [3.63, 3.8) is 0 Å². The van der Waals surface area contributed by atoms with Gasteiger partial charge in [0.2, 0.25) is 0 Å². The molecule has 0 aliphatic heterocycles. The zero-order valence-electron chi connectivity index (χ0n) is 10.1. The average Bonchev–Trinajstić information content (AvgIpc) is 2.62. The second-order valence-corrected chi connectivity index (χ2v) is 4.80. The maximum Gasteiger partial charge on any atom is 0.153 e. The summed E-state index contributed by atoms with van der Waals surface area (Å²) in [6.07, 6.45) is 1.06. The minimum absolute atomic E-state index is 0.310. The Labute approximate surface area is 91.7 Å². The Morgan fingerprint density at radius 3 is 2.33 bits per heavy atom. The third-order valence-electron chi connectivity index (χ3n) is 2.46. The highest BCUT2D eigenvalue weighted by Crippen LogP contribution is 2.20. The van der Waals surface area contributed by atoms with E-state index in [1.165, 1.54) is 0 Å². The maximum atomic E-state index is 5.75. The Morgan fingerprint density at radius 1 is 1.27 bits per heavy atom. The van der Waals surface area contributed by atoms with E-state index in [9.17, 15) is 0 Å². The van der Waals surface area contributed by atoms with E-state index in [4.69, 9.17) is 5.73 Å². The first-order valence-corrected chi connectivity index (χ1v) is 5.66. The molecule has 1 atom stereocenters. The minimum atomic E-state index is 0.310. The van der Waals surface area contributed by atoms with Crippen LogP contribution in [0.5, 0.6) is 0 Å². The zero-order valence-corrected chi connectivity index (χ0v) is 10.1. The van der Waals surface area contributed by atoms with E-state index in [1.807, 2.05) is 0 Å². The van der Waals surface area contributed by atoms with Gasteiger partial charge >= 0.3 is 0 Å². The molecule has 0 aromatic carbocycles. The highest BCUT2D eigenvalue weighted by Gasteiger charge is 2.16. The number of hydrogen-bond acceptors (Lipinski definition) is 3. The molecule has 1 heterocycles. The molecule has 0 amide bonds. The topological polar surface area (TPSA) is 67.6 Å². The van der Waals surface area contributed by atoms with Crippen molar-refractivity contribution in [1.29, 1.82) is 0 Å². The quantitative estimate of drug-likeness (QED) is 0.781. The van der Waals surface area contributed by atoms with Crippen molar-refractivity contribution >= 4 is 0 Å². The number of aromatic nitrogens is 3. The van der Waals surface area contributed by atoms with Gasteiger partial charge in [0.25, 0.3) is 0 Å². The van der Waals surface area contributed by atoms with Crippen molar-refractivity contribution in [3.05, 3.63) is 11.6 Å². The van der Waals surface area contributed by atoms with E-state index >= 15 is 0 Å². The lowest BCUT2D eigenvalue weighted by Gasteiger charge is -2.13. The molecule has 0 radical (unpaired) electrons. The van der Waals surface area contributed by atoms with Crippen LogP contribution in [0.4, 0.5) is 0 Å². The summed E-state index contributed by atoms with van der Waals surface area (Å²) in [7, 11) is 0. The van der Waals surface area contributed by atoms with E-state index in [-0.39, 0.29) is 0 Å². The van der Waals surface area contributed by atoms with E-state index in [0.717, 1.165) is 18.1 Å². The van der Waals surface area contributed by atoms with Crippen LogP contribution in [0, 0.1) is 5.92 Å².